The number of hydrogen-bond acceptors (Lipinski definition) is 4. The molecule has 3 aromatic carbocycles. The molecule has 138 valence electrons. The monoisotopic (exact) mass is 426 g/mol. The van der Waals surface area contributed by atoms with Crippen LogP contribution >= 0.6 is 15.9 Å². The Morgan fingerprint density at radius 2 is 1.85 bits per heavy atom. The summed E-state index contributed by atoms with van der Waals surface area (Å²) in [6, 6.07) is 20.5. The Labute approximate surface area is 166 Å². The number of aryl methyl sites for hydroxylation is 1. The van der Waals surface area contributed by atoms with E-state index in [4.69, 9.17) is 4.74 Å². The van der Waals surface area contributed by atoms with E-state index < -0.39 is 4.92 Å². The third kappa shape index (κ3) is 5.31. The molecule has 0 unspecified atom stereocenters. The van der Waals surface area contributed by atoms with E-state index in [1.54, 1.807) is 12.1 Å². The van der Waals surface area contributed by atoms with Gasteiger partial charge < -0.3 is 10.1 Å². The van der Waals surface area contributed by atoms with E-state index in [-0.39, 0.29) is 5.69 Å². The molecule has 6 heteroatoms. The van der Waals surface area contributed by atoms with Gasteiger partial charge in [0.1, 0.15) is 12.4 Å². The summed E-state index contributed by atoms with van der Waals surface area (Å²) in [6.45, 7) is 3.03. The van der Waals surface area contributed by atoms with Crippen molar-refractivity contribution < 1.29 is 9.66 Å². The first-order chi connectivity index (χ1) is 13.0. The van der Waals surface area contributed by atoms with Gasteiger partial charge in [0, 0.05) is 34.4 Å². The zero-order chi connectivity index (χ0) is 19.2. The maximum absolute atomic E-state index is 10.7. The molecule has 0 bridgehead atoms. The summed E-state index contributed by atoms with van der Waals surface area (Å²) in [6.07, 6.45) is 0. The number of halogens is 1. The highest BCUT2D eigenvalue weighted by molar-refractivity contribution is 9.10. The van der Waals surface area contributed by atoms with E-state index in [9.17, 15) is 10.1 Å². The lowest BCUT2D eigenvalue weighted by Gasteiger charge is -2.14. The molecular formula is C21H19BrN2O3. The fraction of sp³-hybridized carbons (Fsp3) is 0.143. The molecule has 27 heavy (non-hydrogen) atoms. The molecule has 0 atom stereocenters. The molecular weight excluding hydrogens is 408 g/mol. The quantitative estimate of drug-likeness (QED) is 0.379. The Bertz CT molecular complexity index is 942. The van der Waals surface area contributed by atoms with Gasteiger partial charge in [-0.25, -0.2) is 0 Å². The SMILES string of the molecule is Cc1cccc(NCc2cc(Br)ccc2OCc2ccc([N+](=O)[O-])cc2)c1. The number of nitro groups is 1. The number of hydrogen-bond donors (Lipinski definition) is 1. The molecule has 0 aliphatic carbocycles. The highest BCUT2D eigenvalue weighted by Gasteiger charge is 2.08. The molecule has 0 amide bonds. The number of benzene rings is 3. The van der Waals surface area contributed by atoms with E-state index in [0.29, 0.717) is 13.2 Å². The second-order valence-corrected chi connectivity index (χ2v) is 7.10. The highest BCUT2D eigenvalue weighted by Crippen LogP contribution is 2.25. The van der Waals surface area contributed by atoms with Crippen LogP contribution in [0, 0.1) is 17.0 Å². The van der Waals surface area contributed by atoms with Crippen molar-refractivity contribution in [3.8, 4) is 5.75 Å². The van der Waals surface area contributed by atoms with Crippen molar-refractivity contribution in [1.29, 1.82) is 0 Å². The van der Waals surface area contributed by atoms with Crippen molar-refractivity contribution >= 4 is 27.3 Å². The van der Waals surface area contributed by atoms with E-state index in [0.717, 1.165) is 27.0 Å². The predicted octanol–water partition coefficient (Wildman–Crippen LogP) is 5.86. The maximum Gasteiger partial charge on any atom is 0.269 e. The van der Waals surface area contributed by atoms with Crippen molar-refractivity contribution in [1.82, 2.24) is 0 Å². The van der Waals surface area contributed by atoms with Gasteiger partial charge in [0.15, 0.2) is 0 Å². The van der Waals surface area contributed by atoms with Crippen molar-refractivity contribution in [2.24, 2.45) is 0 Å². The van der Waals surface area contributed by atoms with Crippen molar-refractivity contribution in [2.75, 3.05) is 5.32 Å². The van der Waals surface area contributed by atoms with Crippen LogP contribution in [0.3, 0.4) is 0 Å². The predicted molar refractivity (Wildman–Crippen MR) is 110 cm³/mol. The largest absolute Gasteiger partial charge is 0.489 e. The van der Waals surface area contributed by atoms with Crippen LogP contribution in [0.25, 0.3) is 0 Å². The smallest absolute Gasteiger partial charge is 0.269 e. The first kappa shape index (κ1) is 18.9. The molecule has 3 rings (SSSR count). The van der Waals surface area contributed by atoms with Gasteiger partial charge in [0.05, 0.1) is 4.92 Å². The van der Waals surface area contributed by atoms with Crippen LogP contribution in [0.2, 0.25) is 0 Å². The number of nitro benzene ring substituents is 1. The van der Waals surface area contributed by atoms with Crippen molar-refractivity contribution in [3.05, 3.63) is 98.0 Å². The third-order valence-electron chi connectivity index (χ3n) is 4.07. The summed E-state index contributed by atoms with van der Waals surface area (Å²) in [5.41, 5.74) is 4.22. The molecule has 0 radical (unpaired) electrons. The molecule has 0 aliphatic rings. The zero-order valence-electron chi connectivity index (χ0n) is 14.8. The summed E-state index contributed by atoms with van der Waals surface area (Å²) >= 11 is 3.50. The summed E-state index contributed by atoms with van der Waals surface area (Å²) < 4.78 is 6.94. The minimum Gasteiger partial charge on any atom is -0.489 e. The lowest BCUT2D eigenvalue weighted by molar-refractivity contribution is -0.384. The van der Waals surface area contributed by atoms with Crippen molar-refractivity contribution in [3.63, 3.8) is 0 Å². The topological polar surface area (TPSA) is 64.4 Å². The van der Waals surface area contributed by atoms with E-state index >= 15 is 0 Å². The molecule has 0 saturated heterocycles. The van der Waals surface area contributed by atoms with Crippen LogP contribution in [-0.2, 0) is 13.2 Å². The van der Waals surface area contributed by atoms with Crippen LogP contribution in [0.5, 0.6) is 5.75 Å². The number of rotatable bonds is 7. The second kappa shape index (κ2) is 8.68. The Morgan fingerprint density at radius 1 is 1.07 bits per heavy atom. The normalized spacial score (nSPS) is 10.4. The fourth-order valence-electron chi connectivity index (χ4n) is 2.65. The van der Waals surface area contributed by atoms with Crippen LogP contribution in [0.15, 0.2) is 71.2 Å². The van der Waals surface area contributed by atoms with Gasteiger partial charge in [-0.15, -0.1) is 0 Å². The van der Waals surface area contributed by atoms with Gasteiger partial charge in [-0.1, -0.05) is 28.1 Å². The number of ether oxygens (including phenoxy) is 1. The minimum atomic E-state index is -0.408. The average molecular weight is 427 g/mol. The van der Waals surface area contributed by atoms with E-state index in [1.165, 1.54) is 17.7 Å². The summed E-state index contributed by atoms with van der Waals surface area (Å²) in [7, 11) is 0. The number of nitrogens with one attached hydrogen (secondary N) is 1. The Morgan fingerprint density at radius 3 is 2.56 bits per heavy atom. The molecule has 0 spiro atoms. The minimum absolute atomic E-state index is 0.0745. The number of anilines is 1. The molecule has 3 aromatic rings. The first-order valence-electron chi connectivity index (χ1n) is 8.46. The van der Waals surface area contributed by atoms with Crippen molar-refractivity contribution in [2.45, 2.75) is 20.1 Å². The molecule has 0 fully saturated rings. The van der Waals surface area contributed by atoms with Gasteiger partial charge in [-0.3, -0.25) is 10.1 Å². The Kier molecular flexibility index (Phi) is 6.08. The highest BCUT2D eigenvalue weighted by atomic mass is 79.9. The number of non-ortho nitro benzene ring substituents is 1. The van der Waals surface area contributed by atoms with Gasteiger partial charge in [-0.05, 0) is 60.5 Å². The molecule has 0 aromatic heterocycles. The lowest BCUT2D eigenvalue weighted by Crippen LogP contribution is -2.04. The third-order valence-corrected chi connectivity index (χ3v) is 4.56. The van der Waals surface area contributed by atoms with Gasteiger partial charge in [0.2, 0.25) is 0 Å². The summed E-state index contributed by atoms with van der Waals surface area (Å²) in [5, 5.41) is 14.2. The number of nitrogens with zero attached hydrogens (tertiary/aromatic N) is 1. The summed E-state index contributed by atoms with van der Waals surface area (Å²) in [5.74, 6) is 0.775. The first-order valence-corrected chi connectivity index (χ1v) is 9.25. The van der Waals surface area contributed by atoms with Crippen LogP contribution in [0.1, 0.15) is 16.7 Å². The van der Waals surface area contributed by atoms with Gasteiger partial charge >= 0.3 is 0 Å². The average Bonchev–Trinajstić information content (AvgIpc) is 2.66. The molecule has 0 aliphatic heterocycles. The fourth-order valence-corrected chi connectivity index (χ4v) is 3.06. The molecule has 5 nitrogen and oxygen atoms in total. The zero-order valence-corrected chi connectivity index (χ0v) is 16.4. The molecule has 1 N–H and O–H groups in total. The van der Waals surface area contributed by atoms with E-state index in [2.05, 4.69) is 40.3 Å². The van der Waals surface area contributed by atoms with Gasteiger partial charge in [0.25, 0.3) is 5.69 Å². The molecule has 0 heterocycles. The second-order valence-electron chi connectivity index (χ2n) is 6.19. The standard InChI is InChI=1S/C21H19BrN2O3/c1-15-3-2-4-19(11-15)23-13-17-12-18(22)7-10-21(17)27-14-16-5-8-20(9-6-16)24(25)26/h2-12,23H,13-14H2,1H3. The summed E-state index contributed by atoms with van der Waals surface area (Å²) in [4.78, 5) is 10.3. The van der Waals surface area contributed by atoms with Crippen LogP contribution in [0.4, 0.5) is 11.4 Å². The Hall–Kier alpha value is -2.86. The Balaban J connectivity index is 1.69. The molecule has 0 saturated carbocycles. The maximum atomic E-state index is 10.7. The van der Waals surface area contributed by atoms with Gasteiger partial charge in [-0.2, -0.15) is 0 Å². The van der Waals surface area contributed by atoms with E-state index in [1.807, 2.05) is 30.3 Å². The lowest BCUT2D eigenvalue weighted by atomic mass is 10.1. The van der Waals surface area contributed by atoms with Crippen LogP contribution < -0.4 is 10.1 Å². The van der Waals surface area contributed by atoms with Crippen LogP contribution in [-0.4, -0.2) is 4.92 Å².